The first-order valence-corrected chi connectivity index (χ1v) is 9.26. The summed E-state index contributed by atoms with van der Waals surface area (Å²) < 4.78 is 25.3. The van der Waals surface area contributed by atoms with Crippen molar-refractivity contribution < 1.29 is 18.1 Å². The molecule has 11 heteroatoms. The standard InChI is InChI=1S/C14H16N4O5S2/c1-17(2)25(22,23)13-7-6-12(24-13)9-15-14(19)16-10-4-3-5-11(8-10)18(20)21/h3-8H,9H2,1-2H3,(H2,15,16,19). The van der Waals surface area contributed by atoms with Crippen LogP contribution in [0.15, 0.2) is 40.6 Å². The summed E-state index contributed by atoms with van der Waals surface area (Å²) in [5.41, 5.74) is 0.156. The Kier molecular flexibility index (Phi) is 5.72. The summed E-state index contributed by atoms with van der Waals surface area (Å²) in [4.78, 5) is 22.7. The third-order valence-corrected chi connectivity index (χ3v) is 6.48. The highest BCUT2D eigenvalue weighted by Crippen LogP contribution is 2.23. The quantitative estimate of drug-likeness (QED) is 0.584. The Hall–Kier alpha value is -2.50. The van der Waals surface area contributed by atoms with Gasteiger partial charge in [-0.1, -0.05) is 6.07 Å². The third kappa shape index (κ3) is 4.75. The molecule has 0 fully saturated rings. The fraction of sp³-hybridized carbons (Fsp3) is 0.214. The van der Waals surface area contributed by atoms with Crippen molar-refractivity contribution in [2.24, 2.45) is 0 Å². The maximum atomic E-state index is 12.0. The fourth-order valence-electron chi connectivity index (χ4n) is 1.81. The van der Waals surface area contributed by atoms with Crippen LogP contribution >= 0.6 is 11.3 Å². The Morgan fingerprint density at radius 1 is 1.28 bits per heavy atom. The maximum Gasteiger partial charge on any atom is 0.319 e. The highest BCUT2D eigenvalue weighted by molar-refractivity contribution is 7.91. The predicted molar refractivity (Wildman–Crippen MR) is 94.1 cm³/mol. The van der Waals surface area contributed by atoms with Crippen LogP contribution in [0.5, 0.6) is 0 Å². The van der Waals surface area contributed by atoms with Crippen molar-refractivity contribution >= 4 is 38.8 Å². The number of hydrogen-bond acceptors (Lipinski definition) is 6. The first-order chi connectivity index (χ1) is 11.7. The molecule has 0 spiro atoms. The van der Waals surface area contributed by atoms with E-state index in [1.54, 1.807) is 6.07 Å². The van der Waals surface area contributed by atoms with Gasteiger partial charge in [0.15, 0.2) is 0 Å². The zero-order valence-corrected chi connectivity index (χ0v) is 15.1. The normalized spacial score (nSPS) is 11.3. The number of non-ortho nitro benzene ring substituents is 1. The van der Waals surface area contributed by atoms with Gasteiger partial charge in [-0.15, -0.1) is 11.3 Å². The van der Waals surface area contributed by atoms with Gasteiger partial charge in [0.2, 0.25) is 0 Å². The number of nitro groups is 1. The van der Waals surface area contributed by atoms with E-state index in [9.17, 15) is 23.3 Å². The van der Waals surface area contributed by atoms with E-state index in [0.717, 1.165) is 15.6 Å². The molecule has 2 rings (SSSR count). The predicted octanol–water partition coefficient (Wildman–Crippen LogP) is 2.23. The molecule has 2 N–H and O–H groups in total. The van der Waals surface area contributed by atoms with Crippen LogP contribution < -0.4 is 10.6 Å². The molecule has 25 heavy (non-hydrogen) atoms. The minimum absolute atomic E-state index is 0.130. The van der Waals surface area contributed by atoms with Gasteiger partial charge in [-0.2, -0.15) is 0 Å². The van der Waals surface area contributed by atoms with Crippen molar-refractivity contribution in [3.63, 3.8) is 0 Å². The van der Waals surface area contributed by atoms with Crippen LogP contribution in [0.4, 0.5) is 16.2 Å². The zero-order valence-electron chi connectivity index (χ0n) is 13.4. The minimum Gasteiger partial charge on any atom is -0.333 e. The fourth-order valence-corrected chi connectivity index (χ4v) is 4.28. The molecule has 1 heterocycles. The van der Waals surface area contributed by atoms with E-state index in [1.165, 1.54) is 44.4 Å². The number of nitro benzene ring substituents is 1. The zero-order chi connectivity index (χ0) is 18.6. The maximum absolute atomic E-state index is 12.0. The summed E-state index contributed by atoms with van der Waals surface area (Å²) in [5.74, 6) is 0. The minimum atomic E-state index is -3.50. The van der Waals surface area contributed by atoms with Gasteiger partial charge in [0.05, 0.1) is 11.5 Å². The number of hydrogen-bond donors (Lipinski definition) is 2. The second-order valence-corrected chi connectivity index (χ2v) is 8.67. The molecule has 2 amide bonds. The van der Waals surface area contributed by atoms with Gasteiger partial charge in [0.25, 0.3) is 15.7 Å². The van der Waals surface area contributed by atoms with Gasteiger partial charge in [0.1, 0.15) is 4.21 Å². The van der Waals surface area contributed by atoms with Crippen LogP contribution in [0.2, 0.25) is 0 Å². The van der Waals surface area contributed by atoms with Gasteiger partial charge in [-0.05, 0) is 18.2 Å². The van der Waals surface area contributed by atoms with Crippen LogP contribution in [0.1, 0.15) is 4.88 Å². The SMILES string of the molecule is CN(C)S(=O)(=O)c1ccc(CNC(=O)Nc2cccc([N+](=O)[O-])c2)s1. The lowest BCUT2D eigenvalue weighted by Crippen LogP contribution is -2.27. The molecule has 0 radical (unpaired) electrons. The van der Waals surface area contributed by atoms with Crippen molar-refractivity contribution in [1.29, 1.82) is 0 Å². The Labute approximate surface area is 148 Å². The molecule has 0 unspecified atom stereocenters. The number of carbonyl (C=O) groups is 1. The largest absolute Gasteiger partial charge is 0.333 e. The molecule has 9 nitrogen and oxygen atoms in total. The van der Waals surface area contributed by atoms with Gasteiger partial charge in [0, 0.05) is 36.8 Å². The molecule has 0 aliphatic rings. The van der Waals surface area contributed by atoms with E-state index < -0.39 is 21.0 Å². The van der Waals surface area contributed by atoms with Crippen LogP contribution in [0, 0.1) is 10.1 Å². The number of carbonyl (C=O) groups excluding carboxylic acids is 1. The number of sulfonamides is 1. The summed E-state index contributed by atoms with van der Waals surface area (Å²) in [7, 11) is -0.609. The highest BCUT2D eigenvalue weighted by Gasteiger charge is 2.19. The Morgan fingerprint density at radius 2 is 2.00 bits per heavy atom. The molecule has 0 saturated heterocycles. The first-order valence-electron chi connectivity index (χ1n) is 7.00. The summed E-state index contributed by atoms with van der Waals surface area (Å²) >= 11 is 1.06. The average molecular weight is 384 g/mol. The van der Waals surface area contributed by atoms with Crippen LogP contribution in [-0.4, -0.2) is 37.8 Å². The summed E-state index contributed by atoms with van der Waals surface area (Å²) in [5, 5.41) is 15.8. The van der Waals surface area contributed by atoms with Crippen LogP contribution in [0.25, 0.3) is 0 Å². The molecule has 0 bridgehead atoms. The summed E-state index contributed by atoms with van der Waals surface area (Å²) in [6.07, 6.45) is 0. The Morgan fingerprint density at radius 3 is 2.64 bits per heavy atom. The van der Waals surface area contributed by atoms with Gasteiger partial charge >= 0.3 is 6.03 Å². The lowest BCUT2D eigenvalue weighted by molar-refractivity contribution is -0.384. The van der Waals surface area contributed by atoms with E-state index in [4.69, 9.17) is 0 Å². The van der Waals surface area contributed by atoms with E-state index in [0.29, 0.717) is 4.88 Å². The van der Waals surface area contributed by atoms with E-state index in [-0.39, 0.29) is 22.1 Å². The first kappa shape index (κ1) is 18.8. The smallest absolute Gasteiger partial charge is 0.319 e. The van der Waals surface area contributed by atoms with Crippen LogP contribution in [0.3, 0.4) is 0 Å². The highest BCUT2D eigenvalue weighted by atomic mass is 32.2. The molecule has 1 aromatic carbocycles. The number of rotatable bonds is 6. The number of urea groups is 1. The number of thiophene rings is 1. The van der Waals surface area contributed by atoms with Crippen molar-refractivity contribution in [2.75, 3.05) is 19.4 Å². The molecule has 2 aromatic rings. The molecular formula is C14H16N4O5S2. The number of anilines is 1. The molecule has 1 aromatic heterocycles. The lowest BCUT2D eigenvalue weighted by atomic mass is 10.3. The second kappa shape index (κ2) is 7.59. The molecule has 134 valence electrons. The molecule has 0 aliphatic heterocycles. The lowest BCUT2D eigenvalue weighted by Gasteiger charge is -2.08. The third-order valence-electron chi connectivity index (χ3n) is 3.11. The average Bonchev–Trinajstić information content (AvgIpc) is 3.02. The van der Waals surface area contributed by atoms with Crippen LogP contribution in [-0.2, 0) is 16.6 Å². The number of benzene rings is 1. The second-order valence-electron chi connectivity index (χ2n) is 5.12. The van der Waals surface area contributed by atoms with Crippen molar-refractivity contribution in [2.45, 2.75) is 10.8 Å². The Bertz CT molecular complexity index is 892. The summed E-state index contributed by atoms with van der Waals surface area (Å²) in [6, 6.07) is 8.11. The van der Waals surface area contributed by atoms with E-state index in [2.05, 4.69) is 10.6 Å². The number of nitrogens with zero attached hydrogens (tertiary/aromatic N) is 2. The monoisotopic (exact) mass is 384 g/mol. The van der Waals surface area contributed by atoms with E-state index in [1.807, 2.05) is 0 Å². The van der Waals surface area contributed by atoms with Crippen molar-refractivity contribution in [3.8, 4) is 0 Å². The van der Waals surface area contributed by atoms with Crippen molar-refractivity contribution in [1.82, 2.24) is 9.62 Å². The van der Waals surface area contributed by atoms with E-state index >= 15 is 0 Å². The van der Waals surface area contributed by atoms with Gasteiger partial charge in [-0.25, -0.2) is 17.5 Å². The van der Waals surface area contributed by atoms with Gasteiger partial charge in [-0.3, -0.25) is 10.1 Å². The molecule has 0 saturated carbocycles. The van der Waals surface area contributed by atoms with Crippen molar-refractivity contribution in [3.05, 3.63) is 51.4 Å². The molecule has 0 aliphatic carbocycles. The molecule has 0 atom stereocenters. The Balaban J connectivity index is 1.96. The van der Waals surface area contributed by atoms with Gasteiger partial charge < -0.3 is 10.6 Å². The summed E-state index contributed by atoms with van der Waals surface area (Å²) in [6.45, 7) is 0.133. The number of amides is 2. The molecular weight excluding hydrogens is 368 g/mol. The topological polar surface area (TPSA) is 122 Å². The number of nitrogens with one attached hydrogen (secondary N) is 2.